The van der Waals surface area contributed by atoms with Crippen molar-refractivity contribution < 1.29 is 21.6 Å². The Labute approximate surface area is 83.4 Å². The monoisotopic (exact) mass is 240 g/mol. The first kappa shape index (κ1) is 13.3. The van der Waals surface area contributed by atoms with Gasteiger partial charge in [0.15, 0.2) is 14.9 Å². The molecule has 0 spiro atoms. The van der Waals surface area contributed by atoms with Gasteiger partial charge in [-0.3, -0.25) is 0 Å². The van der Waals surface area contributed by atoms with Crippen molar-refractivity contribution in [3.05, 3.63) is 5.53 Å². The first-order valence-corrected chi connectivity index (χ1v) is 7.01. The highest BCUT2D eigenvalue weighted by Crippen LogP contribution is 2.17. The van der Waals surface area contributed by atoms with Crippen LogP contribution in [-0.4, -0.2) is 37.0 Å². The van der Waals surface area contributed by atoms with Crippen molar-refractivity contribution in [2.75, 3.05) is 5.08 Å². The zero-order valence-corrected chi connectivity index (χ0v) is 9.76. The predicted molar refractivity (Wildman–Crippen MR) is 52.1 cm³/mol. The van der Waals surface area contributed by atoms with Crippen molar-refractivity contribution >= 4 is 25.2 Å². The molecule has 8 heteroatoms. The Bertz CT molecular complexity index is 449. The van der Waals surface area contributed by atoms with Gasteiger partial charge in [0, 0.05) is 0 Å². The molecule has 6 nitrogen and oxygen atoms in total. The summed E-state index contributed by atoms with van der Waals surface area (Å²) >= 11 is 0. The number of nitrogens with zero attached hydrogens (tertiary/aromatic N) is 2. The molecule has 0 aliphatic heterocycles. The molecular formula is C6H12N2O4S2. The van der Waals surface area contributed by atoms with Crippen LogP contribution in [0.2, 0.25) is 0 Å². The Morgan fingerprint density at radius 1 is 1.21 bits per heavy atom. The molecule has 0 saturated heterocycles. The lowest BCUT2D eigenvalue weighted by atomic mass is 10.3. The van der Waals surface area contributed by atoms with E-state index >= 15 is 0 Å². The van der Waals surface area contributed by atoms with Gasteiger partial charge in [-0.1, -0.05) is 0 Å². The molecule has 0 heterocycles. The van der Waals surface area contributed by atoms with Crippen LogP contribution >= 0.6 is 0 Å². The van der Waals surface area contributed by atoms with E-state index in [-0.39, 0.29) is 5.55 Å². The van der Waals surface area contributed by atoms with Gasteiger partial charge >= 0.3 is 5.55 Å². The minimum absolute atomic E-state index is 0.219. The molecule has 0 amide bonds. The normalized spacial score (nSPS) is 13.4. The van der Waals surface area contributed by atoms with E-state index < -0.39 is 29.5 Å². The number of rotatable bonds is 3. The highest BCUT2D eigenvalue weighted by Gasteiger charge is 2.34. The SMILES string of the molecule is CC(C)(C)S(=O)(=O)CS(=O)(=O)C=[N+]=[N-]. The van der Waals surface area contributed by atoms with Crippen molar-refractivity contribution in [2.24, 2.45) is 0 Å². The molecule has 0 radical (unpaired) electrons. The lowest BCUT2D eigenvalue weighted by molar-refractivity contribution is 0.00757. The Hall–Kier alpha value is -0.720. The third-order valence-corrected chi connectivity index (χ3v) is 6.30. The van der Waals surface area contributed by atoms with Crippen LogP contribution in [0.1, 0.15) is 20.8 Å². The largest absolute Gasteiger partial charge is 0.371 e. The molecule has 0 aromatic carbocycles. The Kier molecular flexibility index (Phi) is 3.60. The van der Waals surface area contributed by atoms with Gasteiger partial charge in [-0.25, -0.2) is 16.8 Å². The summed E-state index contributed by atoms with van der Waals surface area (Å²) < 4.78 is 43.7. The van der Waals surface area contributed by atoms with Gasteiger partial charge in [0.1, 0.15) is 0 Å². The molecule has 0 N–H and O–H groups in total. The van der Waals surface area contributed by atoms with E-state index in [1.807, 2.05) is 0 Å². The zero-order chi connectivity index (χ0) is 11.6. The van der Waals surface area contributed by atoms with Crippen molar-refractivity contribution in [3.8, 4) is 0 Å². The topological polar surface area (TPSA) is 105 Å². The summed E-state index contributed by atoms with van der Waals surface area (Å²) in [6.07, 6.45) is 0. The van der Waals surface area contributed by atoms with Crippen LogP contribution in [0.25, 0.3) is 5.53 Å². The summed E-state index contributed by atoms with van der Waals surface area (Å²) in [7, 11) is -7.77. The fourth-order valence-electron chi connectivity index (χ4n) is 0.495. The molecule has 14 heavy (non-hydrogen) atoms. The van der Waals surface area contributed by atoms with E-state index in [1.165, 1.54) is 20.8 Å². The average molecular weight is 240 g/mol. The molecule has 0 unspecified atom stereocenters. The van der Waals surface area contributed by atoms with Crippen LogP contribution in [0, 0.1) is 0 Å². The summed E-state index contributed by atoms with van der Waals surface area (Å²) in [5, 5.41) is -1.05. The van der Waals surface area contributed by atoms with Gasteiger partial charge in [0.25, 0.3) is 9.84 Å². The fourth-order valence-corrected chi connectivity index (χ4v) is 4.03. The first-order chi connectivity index (χ1) is 6.02. The van der Waals surface area contributed by atoms with Crippen LogP contribution in [0.15, 0.2) is 0 Å². The van der Waals surface area contributed by atoms with Gasteiger partial charge in [-0.2, -0.15) is 4.79 Å². The second kappa shape index (κ2) is 3.80. The second-order valence-electron chi connectivity index (χ2n) is 3.73. The summed E-state index contributed by atoms with van der Waals surface area (Å²) in [5.74, 6) is 0. The van der Waals surface area contributed by atoms with Crippen molar-refractivity contribution in [3.63, 3.8) is 0 Å². The van der Waals surface area contributed by atoms with Crippen LogP contribution < -0.4 is 0 Å². The smallest absolute Gasteiger partial charge is 0.361 e. The lowest BCUT2D eigenvalue weighted by Gasteiger charge is -2.17. The van der Waals surface area contributed by atoms with Crippen molar-refractivity contribution in [1.29, 1.82) is 0 Å². The van der Waals surface area contributed by atoms with Gasteiger partial charge in [-0.05, 0) is 20.8 Å². The first-order valence-electron chi connectivity index (χ1n) is 3.64. The van der Waals surface area contributed by atoms with E-state index in [0.29, 0.717) is 0 Å². The van der Waals surface area contributed by atoms with E-state index in [0.717, 1.165) is 0 Å². The average Bonchev–Trinajstić information content (AvgIpc) is 1.80. The maximum absolute atomic E-state index is 11.4. The molecule has 82 valence electrons. The van der Waals surface area contributed by atoms with Gasteiger partial charge in [-0.15, -0.1) is 0 Å². The van der Waals surface area contributed by atoms with Crippen LogP contribution in [0.3, 0.4) is 0 Å². The molecule has 0 rings (SSSR count). The van der Waals surface area contributed by atoms with Crippen LogP contribution in [0.5, 0.6) is 0 Å². The van der Waals surface area contributed by atoms with E-state index in [9.17, 15) is 16.8 Å². The molecule has 0 aliphatic carbocycles. The van der Waals surface area contributed by atoms with E-state index in [1.54, 1.807) is 0 Å². The Morgan fingerprint density at radius 3 is 1.93 bits per heavy atom. The third-order valence-electron chi connectivity index (χ3n) is 1.46. The van der Waals surface area contributed by atoms with Gasteiger partial charge in [0.05, 0.1) is 4.75 Å². The van der Waals surface area contributed by atoms with E-state index in [4.69, 9.17) is 5.53 Å². The highest BCUT2D eigenvalue weighted by atomic mass is 32.3. The molecule has 0 atom stereocenters. The maximum atomic E-state index is 11.4. The van der Waals surface area contributed by atoms with Crippen molar-refractivity contribution in [2.45, 2.75) is 25.5 Å². The third kappa shape index (κ3) is 3.57. The molecule has 0 aromatic rings. The van der Waals surface area contributed by atoms with Gasteiger partial charge in [0.2, 0.25) is 0 Å². The molecular weight excluding hydrogens is 228 g/mol. The van der Waals surface area contributed by atoms with Crippen LogP contribution in [-0.2, 0) is 19.7 Å². The Morgan fingerprint density at radius 2 is 1.64 bits per heavy atom. The Balaban J connectivity index is 5.18. The maximum Gasteiger partial charge on any atom is 0.371 e. The number of sulfone groups is 2. The molecule has 0 saturated carbocycles. The lowest BCUT2D eigenvalue weighted by Crippen LogP contribution is -2.33. The summed E-state index contributed by atoms with van der Waals surface area (Å²) in [6, 6.07) is 0. The molecule has 0 aromatic heterocycles. The fraction of sp³-hybridized carbons (Fsp3) is 0.833. The molecule has 0 bridgehead atoms. The minimum atomic E-state index is -4.00. The number of hydrogen-bond donors (Lipinski definition) is 0. The standard InChI is InChI=1S/C6H12N2O4S2/c1-6(2,3)14(11,12)5-13(9,10)4-8-7/h4H,5H2,1-3H3. The zero-order valence-electron chi connectivity index (χ0n) is 8.13. The van der Waals surface area contributed by atoms with Crippen molar-refractivity contribution in [1.82, 2.24) is 0 Å². The predicted octanol–water partition coefficient (Wildman–Crippen LogP) is -0.170. The highest BCUT2D eigenvalue weighted by molar-refractivity contribution is 8.15. The molecule has 0 aliphatic rings. The van der Waals surface area contributed by atoms with Gasteiger partial charge < -0.3 is 5.53 Å². The molecule has 0 fully saturated rings. The summed E-state index contributed by atoms with van der Waals surface area (Å²) in [4.78, 5) is 2.30. The quantitative estimate of drug-likeness (QED) is 0.295. The second-order valence-corrected chi connectivity index (χ2v) is 8.66. The summed E-state index contributed by atoms with van der Waals surface area (Å²) in [5.41, 5.74) is 8.22. The number of hydrogen-bond acceptors (Lipinski definition) is 4. The minimum Gasteiger partial charge on any atom is -0.361 e. The van der Waals surface area contributed by atoms with Crippen LogP contribution in [0.4, 0.5) is 0 Å². The van der Waals surface area contributed by atoms with E-state index in [2.05, 4.69) is 4.79 Å². The summed E-state index contributed by atoms with van der Waals surface area (Å²) in [6.45, 7) is 4.19.